The maximum Gasteiger partial charge on any atom is 0.252 e. The molecule has 0 aliphatic carbocycles. The van der Waals surface area contributed by atoms with Crippen molar-refractivity contribution in [2.45, 2.75) is 39.2 Å². The Morgan fingerprint density at radius 3 is 2.50 bits per heavy atom. The second kappa shape index (κ2) is 5.92. The zero-order chi connectivity index (χ0) is 15.6. The molecule has 0 atom stereocenters. The molecule has 0 aliphatic heterocycles. The molecule has 0 fully saturated rings. The number of anilines is 1. The second-order valence-electron chi connectivity index (χ2n) is 5.78. The first-order valence-electron chi connectivity index (χ1n) is 6.32. The van der Waals surface area contributed by atoms with Crippen LogP contribution in [0.4, 0.5) is 5.82 Å². The smallest absolute Gasteiger partial charge is 0.252 e. The quantitative estimate of drug-likeness (QED) is 0.715. The Balaban J connectivity index is 2.82. The zero-order valence-corrected chi connectivity index (χ0v) is 13.3. The molecule has 8 heteroatoms. The second-order valence-corrected chi connectivity index (χ2v) is 7.53. The first-order chi connectivity index (χ1) is 8.98. The standard InChI is InChI=1S/C12H22N4O3S/c1-8(2)11-14-9(6-10(17)15-11)13-7-12(3,4)16-20(5,18)19/h6,8,16H,7H2,1-5H3,(H2,13,14,15,17). The number of nitrogens with zero attached hydrogens (tertiary/aromatic N) is 1. The lowest BCUT2D eigenvalue weighted by Gasteiger charge is -2.25. The number of aromatic amines is 1. The monoisotopic (exact) mass is 302 g/mol. The molecule has 1 aromatic rings. The van der Waals surface area contributed by atoms with Gasteiger partial charge in [0.15, 0.2) is 0 Å². The number of rotatable bonds is 6. The molecule has 0 amide bonds. The van der Waals surface area contributed by atoms with E-state index < -0.39 is 15.6 Å². The molecule has 0 radical (unpaired) electrons. The third-order valence-electron chi connectivity index (χ3n) is 2.48. The SMILES string of the molecule is CC(C)c1nc(NCC(C)(C)NS(C)(=O)=O)cc(=O)[nH]1. The fraction of sp³-hybridized carbons (Fsp3) is 0.667. The van der Waals surface area contributed by atoms with Crippen molar-refractivity contribution in [2.24, 2.45) is 0 Å². The van der Waals surface area contributed by atoms with Gasteiger partial charge in [-0.05, 0) is 13.8 Å². The Hall–Kier alpha value is -1.41. The number of nitrogens with one attached hydrogen (secondary N) is 3. The largest absolute Gasteiger partial charge is 0.368 e. The van der Waals surface area contributed by atoms with Crippen molar-refractivity contribution in [3.8, 4) is 0 Å². The fourth-order valence-electron chi connectivity index (χ4n) is 1.69. The third-order valence-corrected chi connectivity index (χ3v) is 3.40. The van der Waals surface area contributed by atoms with Gasteiger partial charge in [-0.25, -0.2) is 18.1 Å². The normalized spacial score (nSPS) is 12.7. The molecule has 0 saturated heterocycles. The lowest BCUT2D eigenvalue weighted by Crippen LogP contribution is -2.47. The number of hydrogen-bond donors (Lipinski definition) is 3. The van der Waals surface area contributed by atoms with Gasteiger partial charge in [0.2, 0.25) is 10.0 Å². The van der Waals surface area contributed by atoms with Gasteiger partial charge in [0.25, 0.3) is 5.56 Å². The summed E-state index contributed by atoms with van der Waals surface area (Å²) in [6, 6.07) is 1.35. The minimum Gasteiger partial charge on any atom is -0.368 e. The van der Waals surface area contributed by atoms with Crippen LogP contribution in [0.5, 0.6) is 0 Å². The minimum absolute atomic E-state index is 0.103. The summed E-state index contributed by atoms with van der Waals surface area (Å²) in [5.41, 5.74) is -0.921. The van der Waals surface area contributed by atoms with E-state index in [9.17, 15) is 13.2 Å². The van der Waals surface area contributed by atoms with Gasteiger partial charge < -0.3 is 10.3 Å². The van der Waals surface area contributed by atoms with Crippen molar-refractivity contribution in [2.75, 3.05) is 18.1 Å². The van der Waals surface area contributed by atoms with Crippen LogP contribution in [0.15, 0.2) is 10.9 Å². The van der Waals surface area contributed by atoms with E-state index in [1.165, 1.54) is 6.07 Å². The summed E-state index contributed by atoms with van der Waals surface area (Å²) in [6.45, 7) is 7.66. The third kappa shape index (κ3) is 5.70. The minimum atomic E-state index is -3.29. The average Bonchev–Trinajstić information content (AvgIpc) is 2.22. The molecule has 1 rings (SSSR count). The summed E-state index contributed by atoms with van der Waals surface area (Å²) in [5, 5.41) is 2.99. The van der Waals surface area contributed by atoms with Gasteiger partial charge in [-0.15, -0.1) is 0 Å². The van der Waals surface area contributed by atoms with E-state index in [2.05, 4.69) is 20.0 Å². The number of H-pyrrole nitrogens is 1. The van der Waals surface area contributed by atoms with Crippen molar-refractivity contribution in [3.05, 3.63) is 22.2 Å². The van der Waals surface area contributed by atoms with E-state index in [4.69, 9.17) is 0 Å². The highest BCUT2D eigenvalue weighted by atomic mass is 32.2. The van der Waals surface area contributed by atoms with Gasteiger partial charge in [0.1, 0.15) is 11.6 Å². The molecular weight excluding hydrogens is 280 g/mol. The highest BCUT2D eigenvalue weighted by Gasteiger charge is 2.22. The molecule has 0 aromatic carbocycles. The molecular formula is C12H22N4O3S. The van der Waals surface area contributed by atoms with E-state index in [0.717, 1.165) is 6.26 Å². The Kier molecular flexibility index (Phi) is 4.93. The first-order valence-corrected chi connectivity index (χ1v) is 8.22. The lowest BCUT2D eigenvalue weighted by atomic mass is 10.1. The molecule has 0 aliphatic rings. The predicted octanol–water partition coefficient (Wildman–Crippen LogP) is 0.633. The molecule has 7 nitrogen and oxygen atoms in total. The van der Waals surface area contributed by atoms with Crippen molar-refractivity contribution in [1.29, 1.82) is 0 Å². The van der Waals surface area contributed by atoms with Crippen LogP contribution in [0.3, 0.4) is 0 Å². The molecule has 1 aromatic heterocycles. The van der Waals surface area contributed by atoms with Gasteiger partial charge in [-0.3, -0.25) is 4.79 Å². The average molecular weight is 302 g/mol. The number of hydrogen-bond acceptors (Lipinski definition) is 5. The van der Waals surface area contributed by atoms with E-state index in [-0.39, 0.29) is 11.5 Å². The van der Waals surface area contributed by atoms with Gasteiger partial charge in [-0.1, -0.05) is 13.8 Å². The van der Waals surface area contributed by atoms with Crippen LogP contribution in [0.25, 0.3) is 0 Å². The van der Waals surface area contributed by atoms with Crippen LogP contribution in [0.1, 0.15) is 39.4 Å². The Labute approximate surface area is 119 Å². The van der Waals surface area contributed by atoms with Gasteiger partial charge in [0.05, 0.1) is 6.26 Å². The molecule has 0 unspecified atom stereocenters. The summed E-state index contributed by atoms with van der Waals surface area (Å²) in [7, 11) is -3.29. The van der Waals surface area contributed by atoms with Crippen LogP contribution in [-0.4, -0.2) is 36.7 Å². The van der Waals surface area contributed by atoms with Crippen LogP contribution in [0.2, 0.25) is 0 Å². The molecule has 0 saturated carbocycles. The summed E-state index contributed by atoms with van der Waals surface area (Å²) in [4.78, 5) is 18.5. The summed E-state index contributed by atoms with van der Waals surface area (Å²) in [5.74, 6) is 1.13. The Morgan fingerprint density at radius 1 is 1.40 bits per heavy atom. The van der Waals surface area contributed by atoms with E-state index in [1.807, 2.05) is 13.8 Å². The topological polar surface area (TPSA) is 104 Å². The van der Waals surface area contributed by atoms with Crippen LogP contribution >= 0.6 is 0 Å². The summed E-state index contributed by atoms with van der Waals surface area (Å²) in [6.07, 6.45) is 1.11. The van der Waals surface area contributed by atoms with E-state index in [1.54, 1.807) is 13.8 Å². The summed E-state index contributed by atoms with van der Waals surface area (Å²) >= 11 is 0. The first kappa shape index (κ1) is 16.6. The van der Waals surface area contributed by atoms with Crippen molar-refractivity contribution in [1.82, 2.24) is 14.7 Å². The highest BCUT2D eigenvalue weighted by Crippen LogP contribution is 2.11. The predicted molar refractivity (Wildman–Crippen MR) is 79.5 cm³/mol. The maximum atomic E-state index is 11.5. The van der Waals surface area contributed by atoms with Gasteiger partial charge in [0, 0.05) is 24.1 Å². The van der Waals surface area contributed by atoms with E-state index >= 15 is 0 Å². The zero-order valence-electron chi connectivity index (χ0n) is 12.4. The molecule has 1 heterocycles. The van der Waals surface area contributed by atoms with Crippen LogP contribution in [0, 0.1) is 0 Å². The molecule has 114 valence electrons. The molecule has 0 bridgehead atoms. The van der Waals surface area contributed by atoms with Gasteiger partial charge >= 0.3 is 0 Å². The maximum absolute atomic E-state index is 11.5. The Morgan fingerprint density at radius 2 is 2.00 bits per heavy atom. The molecule has 20 heavy (non-hydrogen) atoms. The van der Waals surface area contributed by atoms with Crippen molar-refractivity contribution >= 4 is 15.8 Å². The molecule has 0 spiro atoms. The lowest BCUT2D eigenvalue weighted by molar-refractivity contribution is 0.475. The molecule has 3 N–H and O–H groups in total. The van der Waals surface area contributed by atoms with E-state index in [0.29, 0.717) is 18.2 Å². The Bertz CT molecular complexity index is 620. The summed E-state index contributed by atoms with van der Waals surface area (Å²) < 4.78 is 25.0. The number of aromatic nitrogens is 2. The van der Waals surface area contributed by atoms with Crippen molar-refractivity contribution in [3.63, 3.8) is 0 Å². The number of sulfonamides is 1. The highest BCUT2D eigenvalue weighted by molar-refractivity contribution is 7.88. The van der Waals surface area contributed by atoms with Crippen molar-refractivity contribution < 1.29 is 8.42 Å². The van der Waals surface area contributed by atoms with Gasteiger partial charge in [-0.2, -0.15) is 0 Å². The van der Waals surface area contributed by atoms with Crippen LogP contribution < -0.4 is 15.6 Å². The van der Waals surface area contributed by atoms with Crippen LogP contribution in [-0.2, 0) is 10.0 Å². The fourth-order valence-corrected chi connectivity index (χ4v) is 2.77.